The molecule has 0 N–H and O–H groups in total. The van der Waals surface area contributed by atoms with Gasteiger partial charge in [-0.25, -0.2) is 22.8 Å². The molecule has 0 bridgehead atoms. The molecule has 0 unspecified atom stereocenters. The van der Waals surface area contributed by atoms with E-state index in [0.29, 0.717) is 17.6 Å². The van der Waals surface area contributed by atoms with Crippen molar-refractivity contribution in [2.24, 2.45) is 35.2 Å². The van der Waals surface area contributed by atoms with Crippen molar-refractivity contribution in [2.75, 3.05) is 0 Å². The Bertz CT molecular complexity index is 8930. The quantitative estimate of drug-likeness (QED) is 0.136. The highest BCUT2D eigenvalue weighted by atomic mass is 16.5. The van der Waals surface area contributed by atoms with Crippen molar-refractivity contribution >= 4 is 166 Å². The van der Waals surface area contributed by atoms with Gasteiger partial charge in [-0.05, 0) is 185 Å². The number of furan rings is 10. The van der Waals surface area contributed by atoms with Crippen molar-refractivity contribution in [2.45, 2.75) is 118 Å². The highest BCUT2D eigenvalue weighted by Crippen LogP contribution is 2.48. The molecule has 20 heteroatoms. The van der Waals surface area contributed by atoms with Crippen molar-refractivity contribution in [1.29, 1.82) is 0 Å². The van der Waals surface area contributed by atoms with E-state index in [4.69, 9.17) is 54.1 Å². The Kier molecular flexibility index (Phi) is 20.3. The second-order valence-corrected chi connectivity index (χ2v) is 36.0. The lowest BCUT2D eigenvalue weighted by Gasteiger charge is -2.19. The molecule has 133 heavy (non-hydrogen) atoms. The van der Waals surface area contributed by atoms with Crippen LogP contribution >= 0.6 is 0 Å². The summed E-state index contributed by atoms with van der Waals surface area (Å²) in [5.41, 5.74) is 35.7. The SMILES string of the molecule is Cc1cc(-c2c(C)ccc3c2oc2c4ccccc4oc32)[n+](C)cn1.Cc1cc2c(cc1-c1cc(C3CCCCC3)nc[n+]1C)oc1oc3ccccc3c12.Cc1cc2c(cc1-c1ccnc[n+]1C)oc1c3ccccc3oc21.Cc1ccc2c(oc3c4ccccc4oc23)c1-c1cc(C2CCCCC2)nc[n+]1C.Cc1ccc2c(oc3c4ccccc4oc23)c1-c1ccnc[n+]1C. The van der Waals surface area contributed by atoms with Gasteiger partial charge in [0.1, 0.15) is 79.9 Å². The lowest BCUT2D eigenvalue weighted by molar-refractivity contribution is -0.663. The molecule has 0 radical (unpaired) electrons. The van der Waals surface area contributed by atoms with Crippen molar-refractivity contribution in [3.05, 3.63) is 301 Å². The zero-order valence-corrected chi connectivity index (χ0v) is 76.0. The average molecular weight is 1760 g/mol. The molecule has 20 nitrogen and oxygen atoms in total. The van der Waals surface area contributed by atoms with Crippen LogP contribution in [0.15, 0.2) is 301 Å². The molecule has 654 valence electrons. The molecule has 27 rings (SSSR count). The van der Waals surface area contributed by atoms with Crippen LogP contribution in [0.25, 0.3) is 222 Å². The first kappa shape index (κ1) is 81.8. The molecule has 0 atom stereocenters. The lowest BCUT2D eigenvalue weighted by atomic mass is 9.86. The van der Waals surface area contributed by atoms with Crippen LogP contribution in [-0.4, -0.2) is 24.9 Å². The molecule has 15 heterocycles. The smallest absolute Gasteiger partial charge is 0.299 e. The van der Waals surface area contributed by atoms with Crippen LogP contribution in [0.3, 0.4) is 0 Å². The third-order valence-corrected chi connectivity index (χ3v) is 27.3. The summed E-state index contributed by atoms with van der Waals surface area (Å²) in [6, 6.07) is 72.1. The molecule has 25 aromatic rings. The summed E-state index contributed by atoms with van der Waals surface area (Å²) in [5, 5.41) is 11.4. The predicted molar refractivity (Wildman–Crippen MR) is 520 cm³/mol. The number of aryl methyl sites for hydroxylation is 11. The van der Waals surface area contributed by atoms with Gasteiger partial charge in [0.25, 0.3) is 37.4 Å². The Balaban J connectivity index is 0.0000000944. The van der Waals surface area contributed by atoms with E-state index < -0.39 is 0 Å². The Hall–Kier alpha value is -15.7. The molecule has 2 saturated carbocycles. The zero-order chi connectivity index (χ0) is 90.1. The van der Waals surface area contributed by atoms with Gasteiger partial charge in [0.05, 0.1) is 100 Å². The average Bonchev–Trinajstić information content (AvgIpc) is 1.57. The minimum Gasteiger partial charge on any atom is -0.452 e. The Morgan fingerprint density at radius 3 is 1.05 bits per heavy atom. The first-order valence-electron chi connectivity index (χ1n) is 45.8. The molecule has 10 aromatic carbocycles. The van der Waals surface area contributed by atoms with Crippen LogP contribution in [0, 0.1) is 41.5 Å². The Morgan fingerprint density at radius 1 is 0.248 bits per heavy atom. The van der Waals surface area contributed by atoms with Gasteiger partial charge in [-0.15, -0.1) is 0 Å². The normalized spacial score (nSPS) is 13.5. The number of para-hydroxylation sites is 5. The van der Waals surface area contributed by atoms with E-state index in [0.717, 1.165) is 222 Å². The largest absolute Gasteiger partial charge is 0.452 e. The number of hydrogen-bond donors (Lipinski definition) is 0. The maximum atomic E-state index is 6.48. The van der Waals surface area contributed by atoms with Gasteiger partial charge >= 0.3 is 0 Å². The van der Waals surface area contributed by atoms with Crippen LogP contribution in [0.4, 0.5) is 0 Å². The van der Waals surface area contributed by atoms with Crippen molar-refractivity contribution in [1.82, 2.24) is 24.9 Å². The fourth-order valence-corrected chi connectivity index (χ4v) is 20.4. The predicted octanol–water partition coefficient (Wildman–Crippen LogP) is 27.0. The first-order chi connectivity index (χ1) is 65.0. The molecule has 0 aliphatic heterocycles. The van der Waals surface area contributed by atoms with Gasteiger partial charge in [-0.2, -0.15) is 0 Å². The Labute approximate surface area is 763 Å². The minimum atomic E-state index is 0.565. The molecule has 2 aliphatic carbocycles. The van der Waals surface area contributed by atoms with Crippen molar-refractivity contribution in [3.8, 4) is 56.3 Å². The summed E-state index contributed by atoms with van der Waals surface area (Å²) in [6.07, 6.45) is 25.9. The Morgan fingerprint density at radius 2 is 0.586 bits per heavy atom. The highest BCUT2D eigenvalue weighted by Gasteiger charge is 2.32. The summed E-state index contributed by atoms with van der Waals surface area (Å²) < 4.78 is 72.0. The van der Waals surface area contributed by atoms with E-state index in [1.54, 1.807) is 25.0 Å². The fourth-order valence-electron chi connectivity index (χ4n) is 20.4. The number of nitrogens with zero attached hydrogens (tertiary/aromatic N) is 10. The number of fused-ring (bicyclic) bond motifs is 25. The van der Waals surface area contributed by atoms with Gasteiger partial charge in [0, 0.05) is 71.0 Å². The second-order valence-electron chi connectivity index (χ2n) is 36.0. The maximum Gasteiger partial charge on any atom is 0.299 e. The summed E-state index contributed by atoms with van der Waals surface area (Å²) in [5.74, 6) is 1.75. The summed E-state index contributed by atoms with van der Waals surface area (Å²) in [6.45, 7) is 12.6. The molecular weight excluding hydrogens is 1660 g/mol. The molecule has 0 saturated heterocycles. The minimum absolute atomic E-state index is 0.565. The number of rotatable bonds is 7. The molecular formula is C113H97N10O10+5. The van der Waals surface area contributed by atoms with Gasteiger partial charge in [-0.1, -0.05) is 148 Å². The summed E-state index contributed by atoms with van der Waals surface area (Å²) in [7, 11) is 10.1. The maximum absolute atomic E-state index is 6.48. The van der Waals surface area contributed by atoms with Crippen molar-refractivity contribution in [3.63, 3.8) is 0 Å². The summed E-state index contributed by atoms with van der Waals surface area (Å²) in [4.78, 5) is 22.2. The lowest BCUT2D eigenvalue weighted by Crippen LogP contribution is -2.32. The standard InChI is InChI=1S/2C26H25N2O2.C21H17N2O2.2C20H15N2O2/c1-16-12-20-24(30-26-25(20)18-10-6-7-11-23(18)29-26)13-19(16)22-14-21(27-15-28(22)2)17-8-4-3-5-9-17;1-16-12-13-19-24(30-25-18-10-6-7-11-22(18)29-26(19)25)23(16)21-14-20(27-15-28(21)2)17-8-4-3-5-9-17;1-12-8-9-15-19(18(12)16-10-13(2)22-11-23(16)3)25-20-14-6-4-5-7-17(14)24-21(15)20;1-12-9-15-18(10-14(12)16-7-8-21-11-22(16)2)24-19-13-5-3-4-6-17(13)23-20(15)19;1-12-7-8-14-18(17(12)15-9-10-21-11-22(15)2)24-19-13-5-3-4-6-16(13)23-20(14)19/h2*6-7,10-15,17H,3-5,8-9H2,1-2H3;4-11H,1-3H3;2*3-11H,1-2H3/q5*+1. The van der Waals surface area contributed by atoms with E-state index in [-0.39, 0.29) is 0 Å². The first-order valence-corrected chi connectivity index (χ1v) is 45.8. The van der Waals surface area contributed by atoms with E-state index in [2.05, 4.69) is 164 Å². The number of aromatic nitrogens is 10. The molecule has 15 aromatic heterocycles. The monoisotopic (exact) mass is 1750 g/mol. The van der Waals surface area contributed by atoms with E-state index >= 15 is 0 Å². The second kappa shape index (κ2) is 33.0. The summed E-state index contributed by atoms with van der Waals surface area (Å²) >= 11 is 0. The van der Waals surface area contributed by atoms with Gasteiger partial charge in [-0.3, -0.25) is 0 Å². The number of benzene rings is 10. The van der Waals surface area contributed by atoms with Crippen LogP contribution in [0.2, 0.25) is 0 Å². The van der Waals surface area contributed by atoms with Gasteiger partial charge in [0.15, 0.2) is 78.5 Å². The van der Waals surface area contributed by atoms with E-state index in [1.807, 2.05) is 182 Å². The number of hydrogen-bond acceptors (Lipinski definition) is 15. The van der Waals surface area contributed by atoms with E-state index in [1.165, 1.54) is 104 Å². The van der Waals surface area contributed by atoms with Gasteiger partial charge in [0.2, 0.25) is 0 Å². The van der Waals surface area contributed by atoms with Gasteiger partial charge < -0.3 is 44.2 Å². The molecule has 2 aliphatic rings. The topological polar surface area (TPSA) is 215 Å². The van der Waals surface area contributed by atoms with Crippen LogP contribution in [-0.2, 0) is 35.2 Å². The fraction of sp³-hybridized carbons (Fsp3) is 0.204. The third-order valence-electron chi connectivity index (χ3n) is 27.3. The van der Waals surface area contributed by atoms with Crippen LogP contribution in [0.1, 0.15) is 121 Å². The van der Waals surface area contributed by atoms with Crippen molar-refractivity contribution < 1.29 is 67.0 Å². The molecule has 0 amide bonds. The zero-order valence-electron chi connectivity index (χ0n) is 76.0. The third kappa shape index (κ3) is 14.2. The van der Waals surface area contributed by atoms with Crippen LogP contribution < -0.4 is 22.8 Å². The molecule has 2 fully saturated rings. The highest BCUT2D eigenvalue weighted by molar-refractivity contribution is 6.20. The van der Waals surface area contributed by atoms with Crippen LogP contribution in [0.5, 0.6) is 0 Å². The molecule has 0 spiro atoms. The van der Waals surface area contributed by atoms with E-state index in [9.17, 15) is 0 Å².